The quantitative estimate of drug-likeness (QED) is 0.890. The minimum atomic E-state index is -0.688. The molecule has 2 amide bonds. The first kappa shape index (κ1) is 15.8. The zero-order chi connectivity index (χ0) is 16.6. The third-order valence-electron chi connectivity index (χ3n) is 3.66. The number of hydrogen-bond acceptors (Lipinski definition) is 6. The molecule has 0 spiro atoms. The van der Waals surface area contributed by atoms with Crippen molar-refractivity contribution in [2.75, 3.05) is 0 Å². The number of nitrogens with one attached hydrogen (secondary N) is 1. The number of primary amides is 1. The predicted molar refractivity (Wildman–Crippen MR) is 88.9 cm³/mol. The van der Waals surface area contributed by atoms with Crippen LogP contribution < -0.4 is 11.2 Å². The molecule has 9 heteroatoms. The lowest BCUT2D eigenvalue weighted by Gasteiger charge is -2.26. The minimum absolute atomic E-state index is 0.559. The SMILES string of the molecule is CCC1=NC(CC)(Sc2c(C)nn3cccnc23)NN1C(N)=O. The van der Waals surface area contributed by atoms with Crippen molar-refractivity contribution in [2.24, 2.45) is 10.7 Å². The number of nitrogens with zero attached hydrogens (tertiary/aromatic N) is 5. The fourth-order valence-electron chi connectivity index (χ4n) is 2.48. The van der Waals surface area contributed by atoms with E-state index in [0.717, 1.165) is 16.2 Å². The zero-order valence-corrected chi connectivity index (χ0v) is 14.1. The van der Waals surface area contributed by atoms with Crippen LogP contribution in [0.3, 0.4) is 0 Å². The third-order valence-corrected chi connectivity index (χ3v) is 5.15. The molecule has 0 saturated carbocycles. The highest BCUT2D eigenvalue weighted by molar-refractivity contribution is 8.00. The Kier molecular flexibility index (Phi) is 3.99. The van der Waals surface area contributed by atoms with Gasteiger partial charge in [-0.25, -0.2) is 24.3 Å². The molecule has 1 unspecified atom stereocenters. The van der Waals surface area contributed by atoms with Crippen molar-refractivity contribution in [3.8, 4) is 0 Å². The number of aliphatic imine (C=N–C) groups is 1. The molecule has 3 rings (SSSR count). The summed E-state index contributed by atoms with van der Waals surface area (Å²) in [5.41, 5.74) is 10.2. The van der Waals surface area contributed by atoms with Gasteiger partial charge in [0.25, 0.3) is 0 Å². The Morgan fingerprint density at radius 1 is 1.48 bits per heavy atom. The molecular weight excluding hydrogens is 314 g/mol. The molecule has 1 atom stereocenters. The number of aromatic nitrogens is 3. The molecule has 1 aliphatic heterocycles. The molecule has 1 aliphatic rings. The van der Waals surface area contributed by atoms with E-state index < -0.39 is 11.0 Å². The molecular formula is C14H19N7OS. The van der Waals surface area contributed by atoms with Crippen LogP contribution >= 0.6 is 11.8 Å². The van der Waals surface area contributed by atoms with Crippen LogP contribution in [0.15, 0.2) is 28.3 Å². The number of fused-ring (bicyclic) bond motifs is 1. The molecule has 122 valence electrons. The first-order valence-corrected chi connectivity index (χ1v) is 8.26. The summed E-state index contributed by atoms with van der Waals surface area (Å²) in [6.45, 7) is 5.89. The Bertz CT molecular complexity index is 787. The number of rotatable bonds is 4. The van der Waals surface area contributed by atoms with Gasteiger partial charge < -0.3 is 5.73 Å². The van der Waals surface area contributed by atoms with E-state index in [1.54, 1.807) is 10.7 Å². The summed E-state index contributed by atoms with van der Waals surface area (Å²) in [6.07, 6.45) is 4.88. The molecule has 0 bridgehead atoms. The average Bonchev–Trinajstić information content (AvgIpc) is 3.07. The minimum Gasteiger partial charge on any atom is -0.350 e. The molecule has 3 heterocycles. The summed E-state index contributed by atoms with van der Waals surface area (Å²) >= 11 is 1.51. The van der Waals surface area contributed by atoms with Crippen molar-refractivity contribution >= 4 is 29.3 Å². The number of amides is 2. The number of urea groups is 1. The highest BCUT2D eigenvalue weighted by atomic mass is 32.2. The highest BCUT2D eigenvalue weighted by Gasteiger charge is 2.41. The second-order valence-electron chi connectivity index (χ2n) is 5.21. The molecule has 0 fully saturated rings. The average molecular weight is 333 g/mol. The summed E-state index contributed by atoms with van der Waals surface area (Å²) in [5.74, 6) is 0.633. The normalized spacial score (nSPS) is 21.0. The van der Waals surface area contributed by atoms with Crippen LogP contribution in [0.5, 0.6) is 0 Å². The monoisotopic (exact) mass is 333 g/mol. The van der Waals surface area contributed by atoms with Crippen LogP contribution in [0.1, 0.15) is 32.4 Å². The van der Waals surface area contributed by atoms with Gasteiger partial charge in [-0.05, 0) is 19.4 Å². The van der Waals surface area contributed by atoms with Gasteiger partial charge in [-0.2, -0.15) is 10.5 Å². The van der Waals surface area contributed by atoms with Gasteiger partial charge in [0.2, 0.25) is 0 Å². The van der Waals surface area contributed by atoms with Gasteiger partial charge in [0.1, 0.15) is 5.84 Å². The first-order valence-electron chi connectivity index (χ1n) is 7.44. The van der Waals surface area contributed by atoms with E-state index in [1.165, 1.54) is 16.8 Å². The Morgan fingerprint density at radius 3 is 2.87 bits per heavy atom. The summed E-state index contributed by atoms with van der Waals surface area (Å²) < 4.78 is 1.74. The van der Waals surface area contributed by atoms with Crippen molar-refractivity contribution < 1.29 is 4.79 Å². The third kappa shape index (κ3) is 2.66. The molecule has 0 aromatic carbocycles. The Labute approximate surface area is 138 Å². The summed E-state index contributed by atoms with van der Waals surface area (Å²) in [5, 5.41) is 5.79. The van der Waals surface area contributed by atoms with Gasteiger partial charge in [-0.1, -0.05) is 25.6 Å². The van der Waals surface area contributed by atoms with E-state index in [4.69, 9.17) is 10.7 Å². The van der Waals surface area contributed by atoms with Gasteiger partial charge in [0, 0.05) is 18.8 Å². The number of hydrazine groups is 1. The van der Waals surface area contributed by atoms with E-state index in [1.807, 2.05) is 33.0 Å². The number of hydrogen-bond donors (Lipinski definition) is 2. The molecule has 2 aromatic rings. The predicted octanol–water partition coefficient (Wildman–Crippen LogP) is 1.90. The first-order chi connectivity index (χ1) is 11.0. The molecule has 23 heavy (non-hydrogen) atoms. The van der Waals surface area contributed by atoms with Gasteiger partial charge in [0.05, 0.1) is 10.6 Å². The largest absolute Gasteiger partial charge is 0.350 e. The van der Waals surface area contributed by atoms with Gasteiger partial charge >= 0.3 is 6.03 Å². The van der Waals surface area contributed by atoms with Crippen molar-refractivity contribution in [3.63, 3.8) is 0 Å². The summed E-state index contributed by atoms with van der Waals surface area (Å²) in [7, 11) is 0. The van der Waals surface area contributed by atoms with E-state index in [9.17, 15) is 4.79 Å². The topological polar surface area (TPSA) is 101 Å². The van der Waals surface area contributed by atoms with E-state index in [-0.39, 0.29) is 0 Å². The van der Waals surface area contributed by atoms with Crippen molar-refractivity contribution in [1.82, 2.24) is 25.0 Å². The standard InChI is InChI=1S/C14H19N7OS/c1-4-10-17-14(5-2,19-21(10)13(15)22)23-11-9(3)18-20-8-6-7-16-12(11)20/h6-8,19H,4-5H2,1-3H3,(H2,15,22). The second-order valence-corrected chi connectivity index (χ2v) is 6.50. The molecule has 2 aromatic heterocycles. The fraction of sp³-hybridized carbons (Fsp3) is 0.429. The Balaban J connectivity index is 2.01. The zero-order valence-electron chi connectivity index (χ0n) is 13.3. The van der Waals surface area contributed by atoms with Crippen LogP contribution in [-0.2, 0) is 0 Å². The number of nitrogens with two attached hydrogens (primary N) is 1. The van der Waals surface area contributed by atoms with Crippen LogP contribution in [-0.4, -0.2) is 36.5 Å². The number of amidine groups is 1. The number of thioether (sulfide) groups is 1. The van der Waals surface area contributed by atoms with Gasteiger partial charge in [-0.15, -0.1) is 0 Å². The van der Waals surface area contributed by atoms with Crippen LogP contribution in [0, 0.1) is 6.92 Å². The van der Waals surface area contributed by atoms with E-state index in [2.05, 4.69) is 15.5 Å². The molecule has 8 nitrogen and oxygen atoms in total. The number of carbonyl (C=O) groups is 1. The maximum atomic E-state index is 11.6. The van der Waals surface area contributed by atoms with E-state index >= 15 is 0 Å². The maximum absolute atomic E-state index is 11.6. The Morgan fingerprint density at radius 2 is 2.26 bits per heavy atom. The van der Waals surface area contributed by atoms with Crippen LogP contribution in [0.25, 0.3) is 5.65 Å². The molecule has 0 radical (unpaired) electrons. The lowest BCUT2D eigenvalue weighted by atomic mass is 10.4. The van der Waals surface area contributed by atoms with Crippen molar-refractivity contribution in [3.05, 3.63) is 24.2 Å². The Hall–Kier alpha value is -2.13. The molecule has 0 saturated heterocycles. The molecule has 3 N–H and O–H groups in total. The second kappa shape index (κ2) is 5.82. The summed E-state index contributed by atoms with van der Waals surface area (Å²) in [6, 6.07) is 1.27. The van der Waals surface area contributed by atoms with Crippen LogP contribution in [0.2, 0.25) is 0 Å². The maximum Gasteiger partial charge on any atom is 0.335 e. The lowest BCUT2D eigenvalue weighted by Crippen LogP contribution is -2.51. The summed E-state index contributed by atoms with van der Waals surface area (Å²) in [4.78, 5) is 21.0. The number of carbonyl (C=O) groups excluding carboxylic acids is 1. The van der Waals surface area contributed by atoms with Gasteiger partial charge in [-0.3, -0.25) is 0 Å². The molecule has 0 aliphatic carbocycles. The smallest absolute Gasteiger partial charge is 0.335 e. The van der Waals surface area contributed by atoms with Crippen molar-refractivity contribution in [2.45, 2.75) is 43.5 Å². The van der Waals surface area contributed by atoms with Crippen molar-refractivity contribution in [1.29, 1.82) is 0 Å². The highest BCUT2D eigenvalue weighted by Crippen LogP contribution is 2.41. The van der Waals surface area contributed by atoms with Gasteiger partial charge in [0.15, 0.2) is 10.6 Å². The van der Waals surface area contributed by atoms with Crippen LogP contribution in [0.4, 0.5) is 4.79 Å². The fourth-order valence-corrected chi connectivity index (χ4v) is 3.68. The number of aryl methyl sites for hydroxylation is 1. The lowest BCUT2D eigenvalue weighted by molar-refractivity contribution is 0.210. The van der Waals surface area contributed by atoms with E-state index in [0.29, 0.717) is 18.7 Å².